The van der Waals surface area contributed by atoms with Crippen molar-refractivity contribution in [3.63, 3.8) is 0 Å². The topological polar surface area (TPSA) is 73.6 Å². The maximum atomic E-state index is 11.9. The van der Waals surface area contributed by atoms with E-state index in [2.05, 4.69) is 10.3 Å². The van der Waals surface area contributed by atoms with Crippen molar-refractivity contribution in [2.75, 3.05) is 20.8 Å². The van der Waals surface area contributed by atoms with E-state index in [9.17, 15) is 4.79 Å². The van der Waals surface area contributed by atoms with Crippen LogP contribution < -0.4 is 14.8 Å². The Labute approximate surface area is 129 Å². The third-order valence-electron chi connectivity index (χ3n) is 3.14. The summed E-state index contributed by atoms with van der Waals surface area (Å²) < 4.78 is 15.7. The molecule has 0 aliphatic rings. The second kappa shape index (κ2) is 7.49. The number of aromatic nitrogens is 1. The number of methoxy groups -OCH3 is 2. The van der Waals surface area contributed by atoms with E-state index < -0.39 is 0 Å². The zero-order chi connectivity index (χ0) is 15.9. The predicted molar refractivity (Wildman–Crippen MR) is 81.2 cm³/mol. The Morgan fingerprint density at radius 2 is 2.05 bits per heavy atom. The first kappa shape index (κ1) is 15.9. The molecule has 22 heavy (non-hydrogen) atoms. The monoisotopic (exact) mass is 304 g/mol. The molecule has 118 valence electrons. The Morgan fingerprint density at radius 3 is 2.68 bits per heavy atom. The number of carbonyl (C=O) groups is 1. The van der Waals surface area contributed by atoms with E-state index in [4.69, 9.17) is 13.9 Å². The summed E-state index contributed by atoms with van der Waals surface area (Å²) in [6, 6.07) is 5.44. The lowest BCUT2D eigenvalue weighted by Crippen LogP contribution is -2.27. The standard InChI is InChI=1S/C16H20N2O4/c1-11-10-18-16(22-11)6-7-17-15(19)9-12-4-5-13(20-2)14(8-12)21-3/h4-5,8,10H,6-7,9H2,1-3H3,(H,17,19). The molecule has 0 radical (unpaired) electrons. The van der Waals surface area contributed by atoms with Crippen molar-refractivity contribution in [3.05, 3.63) is 41.6 Å². The number of ether oxygens (including phenoxy) is 2. The normalized spacial score (nSPS) is 10.3. The van der Waals surface area contributed by atoms with Crippen LogP contribution in [0.25, 0.3) is 0 Å². The second-order valence-corrected chi connectivity index (χ2v) is 4.83. The number of nitrogens with zero attached hydrogens (tertiary/aromatic N) is 1. The van der Waals surface area contributed by atoms with Gasteiger partial charge in [0.1, 0.15) is 5.76 Å². The van der Waals surface area contributed by atoms with Crippen LogP contribution in [0.3, 0.4) is 0 Å². The lowest BCUT2D eigenvalue weighted by atomic mass is 10.1. The van der Waals surface area contributed by atoms with E-state index in [-0.39, 0.29) is 12.3 Å². The van der Waals surface area contributed by atoms with Gasteiger partial charge in [0, 0.05) is 13.0 Å². The van der Waals surface area contributed by atoms with Crippen molar-refractivity contribution < 1.29 is 18.7 Å². The van der Waals surface area contributed by atoms with Gasteiger partial charge in [0.15, 0.2) is 17.4 Å². The average molecular weight is 304 g/mol. The van der Waals surface area contributed by atoms with Crippen molar-refractivity contribution in [2.24, 2.45) is 0 Å². The Hall–Kier alpha value is -2.50. The Morgan fingerprint density at radius 1 is 1.27 bits per heavy atom. The molecule has 0 saturated heterocycles. The van der Waals surface area contributed by atoms with Gasteiger partial charge in [-0.25, -0.2) is 4.98 Å². The molecule has 2 aromatic rings. The molecule has 6 heteroatoms. The highest BCUT2D eigenvalue weighted by Gasteiger charge is 2.08. The molecule has 2 rings (SSSR count). The van der Waals surface area contributed by atoms with Gasteiger partial charge >= 0.3 is 0 Å². The highest BCUT2D eigenvalue weighted by Crippen LogP contribution is 2.27. The molecule has 0 aliphatic carbocycles. The minimum absolute atomic E-state index is 0.0597. The molecule has 0 atom stereocenters. The van der Waals surface area contributed by atoms with Crippen LogP contribution in [0, 0.1) is 6.92 Å². The minimum atomic E-state index is -0.0597. The number of nitrogens with one attached hydrogen (secondary N) is 1. The number of oxazole rings is 1. The molecule has 1 N–H and O–H groups in total. The largest absolute Gasteiger partial charge is 0.493 e. The summed E-state index contributed by atoms with van der Waals surface area (Å²) in [5.41, 5.74) is 0.863. The van der Waals surface area contributed by atoms with Gasteiger partial charge in [-0.1, -0.05) is 6.07 Å². The fourth-order valence-electron chi connectivity index (χ4n) is 2.06. The number of hydrogen-bond donors (Lipinski definition) is 1. The number of benzene rings is 1. The quantitative estimate of drug-likeness (QED) is 0.845. The summed E-state index contributed by atoms with van der Waals surface area (Å²) in [7, 11) is 3.15. The van der Waals surface area contributed by atoms with Gasteiger partial charge in [0.05, 0.1) is 26.8 Å². The highest BCUT2D eigenvalue weighted by molar-refractivity contribution is 5.78. The highest BCUT2D eigenvalue weighted by atomic mass is 16.5. The van der Waals surface area contributed by atoms with Gasteiger partial charge in [0.2, 0.25) is 5.91 Å². The summed E-state index contributed by atoms with van der Waals surface area (Å²) in [5.74, 6) is 2.60. The summed E-state index contributed by atoms with van der Waals surface area (Å²) in [6.45, 7) is 2.33. The molecule has 1 aromatic heterocycles. The van der Waals surface area contributed by atoms with Crippen LogP contribution in [0.1, 0.15) is 17.2 Å². The van der Waals surface area contributed by atoms with Crippen molar-refractivity contribution in [3.8, 4) is 11.5 Å². The molecule has 0 bridgehead atoms. The Balaban J connectivity index is 1.84. The van der Waals surface area contributed by atoms with Crippen LogP contribution in [-0.4, -0.2) is 31.7 Å². The lowest BCUT2D eigenvalue weighted by Gasteiger charge is -2.09. The van der Waals surface area contributed by atoms with Crippen molar-refractivity contribution in [2.45, 2.75) is 19.8 Å². The number of amides is 1. The van der Waals surface area contributed by atoms with Crippen LogP contribution in [0.15, 0.2) is 28.8 Å². The van der Waals surface area contributed by atoms with E-state index in [0.717, 1.165) is 11.3 Å². The maximum absolute atomic E-state index is 11.9. The number of aryl methyl sites for hydroxylation is 1. The van der Waals surface area contributed by atoms with Crippen LogP contribution in [-0.2, 0) is 17.6 Å². The Bertz CT molecular complexity index is 637. The first-order valence-corrected chi connectivity index (χ1v) is 7.01. The van der Waals surface area contributed by atoms with E-state index in [1.807, 2.05) is 13.0 Å². The molecule has 0 spiro atoms. The number of hydrogen-bond acceptors (Lipinski definition) is 5. The minimum Gasteiger partial charge on any atom is -0.493 e. The number of carbonyl (C=O) groups excluding carboxylic acids is 1. The lowest BCUT2D eigenvalue weighted by molar-refractivity contribution is -0.120. The smallest absolute Gasteiger partial charge is 0.224 e. The Kier molecular flexibility index (Phi) is 5.41. The fraction of sp³-hybridized carbons (Fsp3) is 0.375. The van der Waals surface area contributed by atoms with E-state index in [1.54, 1.807) is 32.5 Å². The van der Waals surface area contributed by atoms with Gasteiger partial charge in [-0.3, -0.25) is 4.79 Å². The predicted octanol–water partition coefficient (Wildman–Crippen LogP) is 1.90. The van der Waals surface area contributed by atoms with Gasteiger partial charge in [0.25, 0.3) is 0 Å². The molecule has 0 saturated carbocycles. The van der Waals surface area contributed by atoms with Crippen molar-refractivity contribution in [1.29, 1.82) is 0 Å². The maximum Gasteiger partial charge on any atom is 0.224 e. The fourth-order valence-corrected chi connectivity index (χ4v) is 2.06. The molecule has 0 aliphatic heterocycles. The van der Waals surface area contributed by atoms with Crippen molar-refractivity contribution in [1.82, 2.24) is 10.3 Å². The molecule has 1 amide bonds. The summed E-state index contributed by atoms with van der Waals surface area (Å²) in [5, 5.41) is 2.84. The van der Waals surface area contributed by atoms with Gasteiger partial charge in [-0.05, 0) is 24.6 Å². The second-order valence-electron chi connectivity index (χ2n) is 4.83. The van der Waals surface area contributed by atoms with Gasteiger partial charge < -0.3 is 19.2 Å². The zero-order valence-electron chi connectivity index (χ0n) is 13.0. The molecule has 1 heterocycles. The van der Waals surface area contributed by atoms with Crippen molar-refractivity contribution >= 4 is 5.91 Å². The first-order valence-electron chi connectivity index (χ1n) is 7.01. The summed E-state index contributed by atoms with van der Waals surface area (Å²) >= 11 is 0. The third-order valence-corrected chi connectivity index (χ3v) is 3.14. The van der Waals surface area contributed by atoms with Gasteiger partial charge in [-0.15, -0.1) is 0 Å². The summed E-state index contributed by atoms with van der Waals surface area (Å²) in [6.07, 6.45) is 2.53. The molecule has 1 aromatic carbocycles. The molecular weight excluding hydrogens is 284 g/mol. The molecule has 0 fully saturated rings. The van der Waals surface area contributed by atoms with E-state index >= 15 is 0 Å². The van der Waals surface area contributed by atoms with E-state index in [1.165, 1.54) is 0 Å². The zero-order valence-corrected chi connectivity index (χ0v) is 13.0. The molecular formula is C16H20N2O4. The van der Waals surface area contributed by atoms with Crippen LogP contribution in [0.5, 0.6) is 11.5 Å². The number of rotatable bonds is 7. The van der Waals surface area contributed by atoms with Crippen LogP contribution in [0.2, 0.25) is 0 Å². The molecule has 6 nitrogen and oxygen atoms in total. The molecule has 0 unspecified atom stereocenters. The first-order chi connectivity index (χ1) is 10.6. The van der Waals surface area contributed by atoms with Crippen LogP contribution >= 0.6 is 0 Å². The van der Waals surface area contributed by atoms with Gasteiger partial charge in [-0.2, -0.15) is 0 Å². The summed E-state index contributed by atoms with van der Waals surface area (Å²) in [4.78, 5) is 16.0. The van der Waals surface area contributed by atoms with E-state index in [0.29, 0.717) is 30.4 Å². The third kappa shape index (κ3) is 4.25. The average Bonchev–Trinajstić information content (AvgIpc) is 2.92. The van der Waals surface area contributed by atoms with Crippen LogP contribution in [0.4, 0.5) is 0 Å². The SMILES string of the molecule is COc1ccc(CC(=O)NCCc2ncc(C)o2)cc1OC.